The largest absolute Gasteiger partial charge is 0.465 e. The molecule has 5 rings (SSSR count). The van der Waals surface area contributed by atoms with E-state index in [2.05, 4.69) is 10.3 Å². The predicted octanol–water partition coefficient (Wildman–Crippen LogP) is 2.58. The van der Waals surface area contributed by atoms with E-state index < -0.39 is 6.09 Å². The van der Waals surface area contributed by atoms with Crippen LogP contribution in [0.1, 0.15) is 35.7 Å². The molecule has 1 aromatic carbocycles. The van der Waals surface area contributed by atoms with Gasteiger partial charge in [0.05, 0.1) is 18.3 Å². The molecule has 0 bridgehead atoms. The number of nitrogens with zero attached hydrogens (tertiary/aromatic N) is 5. The second-order valence-corrected chi connectivity index (χ2v) is 9.00. The highest BCUT2D eigenvalue weighted by Gasteiger charge is 2.36. The lowest BCUT2D eigenvalue weighted by Crippen LogP contribution is -2.55. The Bertz CT molecular complexity index is 1030. The molecule has 0 radical (unpaired) electrons. The molecule has 0 saturated carbocycles. The summed E-state index contributed by atoms with van der Waals surface area (Å²) >= 11 is 0. The van der Waals surface area contributed by atoms with Gasteiger partial charge in [-0.1, -0.05) is 30.3 Å². The van der Waals surface area contributed by atoms with Crippen LogP contribution in [0.15, 0.2) is 36.5 Å². The first kappa shape index (κ1) is 22.4. The number of rotatable bonds is 3. The van der Waals surface area contributed by atoms with Crippen molar-refractivity contribution in [3.63, 3.8) is 0 Å². The third kappa shape index (κ3) is 4.77. The van der Waals surface area contributed by atoms with Gasteiger partial charge in [0.1, 0.15) is 0 Å². The van der Waals surface area contributed by atoms with Crippen molar-refractivity contribution in [2.24, 2.45) is 0 Å². The minimum Gasteiger partial charge on any atom is -0.465 e. The number of anilines is 1. The maximum absolute atomic E-state index is 13.6. The summed E-state index contributed by atoms with van der Waals surface area (Å²) in [5.41, 5.74) is 2.87. The van der Waals surface area contributed by atoms with Crippen LogP contribution in [0.3, 0.4) is 0 Å². The molecule has 1 atom stereocenters. The summed E-state index contributed by atoms with van der Waals surface area (Å²) in [5, 5.41) is 12.9. The third-order valence-corrected chi connectivity index (χ3v) is 6.85. The first-order chi connectivity index (χ1) is 16.6. The van der Waals surface area contributed by atoms with Gasteiger partial charge in [0, 0.05) is 51.6 Å². The zero-order valence-corrected chi connectivity index (χ0v) is 19.1. The number of amides is 3. The summed E-state index contributed by atoms with van der Waals surface area (Å²) in [6, 6.07) is 9.54. The number of hydrogen-bond acceptors (Lipinski definition) is 6. The highest BCUT2D eigenvalue weighted by atomic mass is 16.5. The van der Waals surface area contributed by atoms with E-state index in [9.17, 15) is 14.7 Å². The zero-order chi connectivity index (χ0) is 23.5. The molecule has 1 unspecified atom stereocenters. The van der Waals surface area contributed by atoms with E-state index >= 15 is 0 Å². The molecule has 0 spiro atoms. The molecule has 2 fully saturated rings. The quantitative estimate of drug-likeness (QED) is 0.715. The topological polar surface area (TPSA) is 111 Å². The molecule has 2 N–H and O–H groups in total. The fourth-order valence-electron chi connectivity index (χ4n) is 4.89. The SMILES string of the molecule is O=C(O)N1CCN(C(=O)N2CCc3cnc(NC4CCOCC4)nc3C2)C(c2ccccc2)C1. The molecular weight excluding hydrogens is 436 g/mol. The maximum atomic E-state index is 13.6. The second-order valence-electron chi connectivity index (χ2n) is 9.00. The van der Waals surface area contributed by atoms with Gasteiger partial charge in [-0.25, -0.2) is 19.6 Å². The van der Waals surface area contributed by atoms with Gasteiger partial charge in [0.15, 0.2) is 0 Å². The second kappa shape index (κ2) is 9.84. The Hall–Kier alpha value is -3.40. The number of carbonyl (C=O) groups excluding carboxylic acids is 1. The average Bonchev–Trinajstić information content (AvgIpc) is 2.88. The van der Waals surface area contributed by atoms with Crippen molar-refractivity contribution in [1.82, 2.24) is 24.7 Å². The van der Waals surface area contributed by atoms with E-state index in [0.29, 0.717) is 44.6 Å². The molecule has 34 heavy (non-hydrogen) atoms. The Balaban J connectivity index is 1.31. The van der Waals surface area contributed by atoms with Gasteiger partial charge in [-0.2, -0.15) is 0 Å². The normalized spacial score (nSPS) is 21.2. The van der Waals surface area contributed by atoms with Gasteiger partial charge in [-0.3, -0.25) is 0 Å². The van der Waals surface area contributed by atoms with Crippen molar-refractivity contribution in [2.45, 2.75) is 37.9 Å². The standard InChI is InChI=1S/C24H30N6O4/c31-23(30-11-10-29(24(32)33)16-21(30)17-4-2-1-3-5-17)28-9-6-18-14-25-22(27-20(18)15-28)26-19-7-12-34-13-8-19/h1-5,14,19,21H,6-13,15-16H2,(H,32,33)(H,25,26,27). The Morgan fingerprint density at radius 2 is 1.85 bits per heavy atom. The number of hydrogen-bond donors (Lipinski definition) is 2. The van der Waals surface area contributed by atoms with Gasteiger partial charge in [0.25, 0.3) is 0 Å². The number of ether oxygens (including phenoxy) is 1. The number of fused-ring (bicyclic) bond motifs is 1. The van der Waals surface area contributed by atoms with Crippen LogP contribution in [-0.2, 0) is 17.7 Å². The summed E-state index contributed by atoms with van der Waals surface area (Å²) < 4.78 is 5.42. The number of benzene rings is 1. The monoisotopic (exact) mass is 466 g/mol. The number of piperazine rings is 1. The van der Waals surface area contributed by atoms with Gasteiger partial charge < -0.3 is 29.9 Å². The molecule has 10 nitrogen and oxygen atoms in total. The fraction of sp³-hybridized carbons (Fsp3) is 0.500. The molecule has 2 aromatic rings. The lowest BCUT2D eigenvalue weighted by Gasteiger charge is -2.43. The molecule has 10 heteroatoms. The molecule has 0 aliphatic carbocycles. The van der Waals surface area contributed by atoms with Crippen molar-refractivity contribution < 1.29 is 19.4 Å². The van der Waals surface area contributed by atoms with Crippen molar-refractivity contribution >= 4 is 18.1 Å². The Kier molecular flexibility index (Phi) is 6.48. The van der Waals surface area contributed by atoms with Crippen LogP contribution in [0.2, 0.25) is 0 Å². The first-order valence-electron chi connectivity index (χ1n) is 11.9. The smallest absolute Gasteiger partial charge is 0.407 e. The van der Waals surface area contributed by atoms with E-state index in [0.717, 1.165) is 42.9 Å². The maximum Gasteiger partial charge on any atom is 0.407 e. The van der Waals surface area contributed by atoms with Gasteiger partial charge >= 0.3 is 12.1 Å². The summed E-state index contributed by atoms with van der Waals surface area (Å²) in [6.07, 6.45) is 3.46. The number of urea groups is 1. The van der Waals surface area contributed by atoms with Crippen LogP contribution >= 0.6 is 0 Å². The lowest BCUT2D eigenvalue weighted by atomic mass is 10.0. The summed E-state index contributed by atoms with van der Waals surface area (Å²) in [4.78, 5) is 39.5. The molecule has 3 aliphatic rings. The predicted molar refractivity (Wildman–Crippen MR) is 124 cm³/mol. The van der Waals surface area contributed by atoms with Crippen LogP contribution in [0, 0.1) is 0 Å². The molecular formula is C24H30N6O4. The van der Waals surface area contributed by atoms with Gasteiger partial charge in [-0.05, 0) is 30.4 Å². The van der Waals surface area contributed by atoms with Gasteiger partial charge in [0.2, 0.25) is 5.95 Å². The molecule has 1 aromatic heterocycles. The summed E-state index contributed by atoms with van der Waals surface area (Å²) in [7, 11) is 0. The fourth-order valence-corrected chi connectivity index (χ4v) is 4.89. The number of carboxylic acid groups (broad SMARTS) is 1. The molecule has 4 heterocycles. The van der Waals surface area contributed by atoms with E-state index in [-0.39, 0.29) is 18.6 Å². The zero-order valence-electron chi connectivity index (χ0n) is 19.1. The molecule has 180 valence electrons. The van der Waals surface area contributed by atoms with Crippen LogP contribution in [0.25, 0.3) is 0 Å². The number of aromatic nitrogens is 2. The van der Waals surface area contributed by atoms with Crippen LogP contribution in [0.5, 0.6) is 0 Å². The van der Waals surface area contributed by atoms with E-state index in [1.165, 1.54) is 4.90 Å². The first-order valence-corrected chi connectivity index (χ1v) is 11.9. The van der Waals surface area contributed by atoms with Gasteiger partial charge in [-0.15, -0.1) is 0 Å². The lowest BCUT2D eigenvalue weighted by molar-refractivity contribution is 0.0670. The highest BCUT2D eigenvalue weighted by molar-refractivity contribution is 5.76. The number of carbonyl (C=O) groups is 2. The van der Waals surface area contributed by atoms with Crippen LogP contribution < -0.4 is 5.32 Å². The average molecular weight is 467 g/mol. The Morgan fingerprint density at radius 1 is 1.06 bits per heavy atom. The van der Waals surface area contributed by atoms with Crippen molar-refractivity contribution in [2.75, 3.05) is 44.7 Å². The summed E-state index contributed by atoms with van der Waals surface area (Å²) in [6.45, 7) is 3.40. The Morgan fingerprint density at radius 3 is 2.62 bits per heavy atom. The highest BCUT2D eigenvalue weighted by Crippen LogP contribution is 2.28. The van der Waals surface area contributed by atoms with Crippen LogP contribution in [-0.4, -0.2) is 87.3 Å². The van der Waals surface area contributed by atoms with Crippen molar-refractivity contribution in [1.29, 1.82) is 0 Å². The molecule has 3 amide bonds. The van der Waals surface area contributed by atoms with E-state index in [1.807, 2.05) is 46.3 Å². The minimum atomic E-state index is -0.957. The minimum absolute atomic E-state index is 0.0814. The number of nitrogens with one attached hydrogen (secondary N) is 1. The van der Waals surface area contributed by atoms with E-state index in [4.69, 9.17) is 9.72 Å². The third-order valence-electron chi connectivity index (χ3n) is 6.85. The summed E-state index contributed by atoms with van der Waals surface area (Å²) in [5.74, 6) is 0.595. The van der Waals surface area contributed by atoms with E-state index in [1.54, 1.807) is 0 Å². The van der Waals surface area contributed by atoms with Crippen molar-refractivity contribution in [3.8, 4) is 0 Å². The van der Waals surface area contributed by atoms with Crippen LogP contribution in [0.4, 0.5) is 15.5 Å². The molecule has 2 saturated heterocycles. The molecule has 3 aliphatic heterocycles. The van der Waals surface area contributed by atoms with Crippen molar-refractivity contribution in [3.05, 3.63) is 53.3 Å². The Labute approximate surface area is 198 Å².